The van der Waals surface area contributed by atoms with Gasteiger partial charge in [0.2, 0.25) is 0 Å². The Kier molecular flexibility index (Phi) is 6.46. The van der Waals surface area contributed by atoms with Crippen LogP contribution in [0, 0.1) is 5.92 Å². The topological polar surface area (TPSA) is 12.0 Å². The molecule has 0 aliphatic heterocycles. The van der Waals surface area contributed by atoms with Gasteiger partial charge in [0.05, 0.1) is 15.0 Å². The van der Waals surface area contributed by atoms with E-state index in [9.17, 15) is 4.39 Å². The summed E-state index contributed by atoms with van der Waals surface area (Å²) in [5.41, 5.74) is -0.439. The van der Waals surface area contributed by atoms with Crippen LogP contribution in [0.2, 0.25) is 10.0 Å². The number of thiocarbonyl (C=S) groups is 1. The lowest BCUT2D eigenvalue weighted by Gasteiger charge is -2.17. The number of rotatable bonds is 6. The Balaban J connectivity index is 1.89. The van der Waals surface area contributed by atoms with E-state index < -0.39 is 5.67 Å². The maximum Gasteiger partial charge on any atom is 0.137 e. The predicted molar refractivity (Wildman–Crippen MR) is 106 cm³/mol. The molecule has 1 aromatic carbocycles. The highest BCUT2D eigenvalue weighted by atomic mass is 35.5. The number of nitrogens with one attached hydrogen (secondary N) is 1. The van der Waals surface area contributed by atoms with Gasteiger partial charge in [-0.25, -0.2) is 4.39 Å². The highest BCUT2D eigenvalue weighted by Crippen LogP contribution is 2.56. The minimum atomic E-state index is -1.32. The Hall–Kier alpha value is -0.900. The third kappa shape index (κ3) is 5.05. The van der Waals surface area contributed by atoms with Crippen molar-refractivity contribution in [2.75, 3.05) is 0 Å². The van der Waals surface area contributed by atoms with Crippen molar-refractivity contribution in [2.24, 2.45) is 5.92 Å². The maximum absolute atomic E-state index is 14.7. The SMILES string of the molecule is CC(C)C(C)NC(=S)/C=C/C=C/C1(F)CC1c1ccc(Cl)c(Cl)c1. The molecule has 0 spiro atoms. The summed E-state index contributed by atoms with van der Waals surface area (Å²) in [6, 6.07) is 5.59. The smallest absolute Gasteiger partial charge is 0.137 e. The Morgan fingerprint density at radius 2 is 2.00 bits per heavy atom. The highest BCUT2D eigenvalue weighted by molar-refractivity contribution is 7.80. The van der Waals surface area contributed by atoms with E-state index >= 15 is 0 Å². The molecule has 5 heteroatoms. The second kappa shape index (κ2) is 7.99. The molecule has 3 unspecified atom stereocenters. The molecular formula is C19H22Cl2FNS. The third-order valence-electron chi connectivity index (χ3n) is 4.38. The Morgan fingerprint density at radius 1 is 1.29 bits per heavy atom. The van der Waals surface area contributed by atoms with Gasteiger partial charge in [0, 0.05) is 12.0 Å². The van der Waals surface area contributed by atoms with Crippen molar-refractivity contribution in [2.45, 2.75) is 44.8 Å². The van der Waals surface area contributed by atoms with Crippen LogP contribution in [0.25, 0.3) is 0 Å². The fourth-order valence-corrected chi connectivity index (χ4v) is 2.93. The Morgan fingerprint density at radius 3 is 2.62 bits per heavy atom. The molecule has 24 heavy (non-hydrogen) atoms. The van der Waals surface area contributed by atoms with E-state index in [0.717, 1.165) is 5.56 Å². The number of allylic oxidation sites excluding steroid dienone is 3. The van der Waals surface area contributed by atoms with E-state index in [4.69, 9.17) is 35.4 Å². The molecule has 1 aliphatic carbocycles. The van der Waals surface area contributed by atoms with Crippen molar-refractivity contribution in [1.82, 2.24) is 5.32 Å². The summed E-state index contributed by atoms with van der Waals surface area (Å²) < 4.78 is 14.7. The van der Waals surface area contributed by atoms with Crippen LogP contribution in [0.15, 0.2) is 42.5 Å². The summed E-state index contributed by atoms with van der Waals surface area (Å²) in [6.45, 7) is 6.35. The van der Waals surface area contributed by atoms with Crippen LogP contribution in [0.1, 0.15) is 38.7 Å². The van der Waals surface area contributed by atoms with Crippen LogP contribution in [0.4, 0.5) is 4.39 Å². The van der Waals surface area contributed by atoms with Crippen molar-refractivity contribution >= 4 is 40.4 Å². The van der Waals surface area contributed by atoms with Crippen LogP contribution in [0.5, 0.6) is 0 Å². The molecule has 0 radical (unpaired) electrons. The zero-order valence-corrected chi connectivity index (χ0v) is 16.4. The van der Waals surface area contributed by atoms with Gasteiger partial charge in [-0.05, 0) is 49.1 Å². The summed E-state index contributed by atoms with van der Waals surface area (Å²) in [5.74, 6) is 0.336. The fourth-order valence-electron chi connectivity index (χ4n) is 2.36. The van der Waals surface area contributed by atoms with Gasteiger partial charge in [0.1, 0.15) is 5.67 Å². The summed E-state index contributed by atoms with van der Waals surface area (Å²) in [6.07, 6.45) is 7.32. The van der Waals surface area contributed by atoms with E-state index in [2.05, 4.69) is 26.1 Å². The van der Waals surface area contributed by atoms with Gasteiger partial charge in [-0.2, -0.15) is 0 Å². The van der Waals surface area contributed by atoms with E-state index in [0.29, 0.717) is 33.4 Å². The number of benzene rings is 1. The van der Waals surface area contributed by atoms with Crippen LogP contribution < -0.4 is 5.32 Å². The summed E-state index contributed by atoms with van der Waals surface area (Å²) in [5, 5.41) is 4.18. The van der Waals surface area contributed by atoms with Crippen molar-refractivity contribution in [1.29, 1.82) is 0 Å². The van der Waals surface area contributed by atoms with Gasteiger partial charge in [0.25, 0.3) is 0 Å². The quantitative estimate of drug-likeness (QED) is 0.352. The van der Waals surface area contributed by atoms with Crippen LogP contribution in [0.3, 0.4) is 0 Å². The highest BCUT2D eigenvalue weighted by Gasteiger charge is 2.54. The molecule has 0 heterocycles. The lowest BCUT2D eigenvalue weighted by Crippen LogP contribution is -2.33. The van der Waals surface area contributed by atoms with E-state index in [1.807, 2.05) is 6.07 Å². The Bertz CT molecular complexity index is 671. The molecule has 1 aromatic rings. The normalized spacial score (nSPS) is 24.7. The van der Waals surface area contributed by atoms with Crippen molar-refractivity contribution < 1.29 is 4.39 Å². The molecule has 1 nitrogen and oxygen atoms in total. The van der Waals surface area contributed by atoms with Gasteiger partial charge < -0.3 is 5.32 Å². The molecule has 0 bridgehead atoms. The van der Waals surface area contributed by atoms with Crippen LogP contribution in [-0.2, 0) is 0 Å². The molecule has 2 rings (SSSR count). The fraction of sp³-hybridized carbons (Fsp3) is 0.421. The minimum absolute atomic E-state index is 0.164. The van der Waals surface area contributed by atoms with Crippen LogP contribution >= 0.6 is 35.4 Å². The first-order chi connectivity index (χ1) is 11.2. The van der Waals surface area contributed by atoms with Gasteiger partial charge in [-0.15, -0.1) is 0 Å². The van der Waals surface area contributed by atoms with E-state index in [-0.39, 0.29) is 5.92 Å². The van der Waals surface area contributed by atoms with E-state index in [1.54, 1.807) is 36.4 Å². The molecule has 1 saturated carbocycles. The monoisotopic (exact) mass is 385 g/mol. The molecule has 0 saturated heterocycles. The van der Waals surface area contributed by atoms with E-state index in [1.165, 1.54) is 0 Å². The minimum Gasteiger partial charge on any atom is -0.374 e. The molecule has 1 aliphatic rings. The van der Waals surface area contributed by atoms with Gasteiger partial charge in [-0.1, -0.05) is 67.5 Å². The average molecular weight is 386 g/mol. The lowest BCUT2D eigenvalue weighted by molar-refractivity contribution is 0.369. The molecule has 0 amide bonds. The second-order valence-electron chi connectivity index (χ2n) is 6.62. The largest absolute Gasteiger partial charge is 0.374 e. The summed E-state index contributed by atoms with van der Waals surface area (Å²) in [7, 11) is 0. The van der Waals surface area contributed by atoms with Crippen molar-refractivity contribution in [3.63, 3.8) is 0 Å². The molecule has 1 N–H and O–H groups in total. The Labute approximate surface area is 158 Å². The first kappa shape index (κ1) is 19.4. The number of hydrogen-bond donors (Lipinski definition) is 1. The van der Waals surface area contributed by atoms with Crippen molar-refractivity contribution in [3.05, 3.63) is 58.1 Å². The van der Waals surface area contributed by atoms with Gasteiger partial charge in [0.15, 0.2) is 0 Å². The third-order valence-corrected chi connectivity index (χ3v) is 5.38. The van der Waals surface area contributed by atoms with Gasteiger partial charge >= 0.3 is 0 Å². The standard InChI is InChI=1S/C19H22Cl2FNS/c1-12(2)13(3)23-18(24)6-4-5-9-19(22)11-15(19)14-7-8-16(20)17(21)10-14/h4-10,12-13,15H,11H2,1-3H3,(H,23,24)/b6-4+,9-5+. The maximum atomic E-state index is 14.7. The molecule has 3 atom stereocenters. The molecule has 0 aromatic heterocycles. The van der Waals surface area contributed by atoms with Crippen molar-refractivity contribution in [3.8, 4) is 0 Å². The zero-order chi connectivity index (χ0) is 17.9. The average Bonchev–Trinajstić information content (AvgIpc) is 3.18. The zero-order valence-electron chi connectivity index (χ0n) is 14.0. The van der Waals surface area contributed by atoms with Gasteiger partial charge in [-0.3, -0.25) is 0 Å². The summed E-state index contributed by atoms with van der Waals surface area (Å²) in [4.78, 5) is 0.658. The first-order valence-electron chi connectivity index (χ1n) is 8.03. The lowest BCUT2D eigenvalue weighted by atomic mass is 10.1. The number of halogens is 3. The summed E-state index contributed by atoms with van der Waals surface area (Å²) >= 11 is 17.1. The van der Waals surface area contributed by atoms with Crippen LogP contribution in [-0.4, -0.2) is 16.7 Å². The number of alkyl halides is 1. The predicted octanol–water partition coefficient (Wildman–Crippen LogP) is 6.26. The molecule has 130 valence electrons. The molecular weight excluding hydrogens is 364 g/mol. The number of hydrogen-bond acceptors (Lipinski definition) is 1. The second-order valence-corrected chi connectivity index (χ2v) is 7.87. The molecule has 1 fully saturated rings. The first-order valence-corrected chi connectivity index (χ1v) is 9.19.